The number of carbonyl (C=O) groups is 2. The molecule has 0 unspecified atom stereocenters. The Labute approximate surface area is 138 Å². The maximum Gasteiger partial charge on any atom is 0.345 e. The molecule has 0 saturated heterocycles. The van der Waals surface area contributed by atoms with Crippen LogP contribution in [0.15, 0.2) is 42.5 Å². The topological polar surface area (TPSA) is 95.7 Å². The average molecular weight is 329 g/mol. The van der Waals surface area contributed by atoms with E-state index in [0.717, 1.165) is 12.7 Å². The largest absolute Gasteiger partial charge is 0.482 e. The molecule has 7 nitrogen and oxygen atoms in total. The number of carbonyl (C=O) groups excluding carboxylic acids is 2. The van der Waals surface area contributed by atoms with Crippen LogP contribution in [-0.4, -0.2) is 23.8 Å². The first-order valence-corrected chi connectivity index (χ1v) is 7.03. The van der Waals surface area contributed by atoms with E-state index >= 15 is 0 Å². The Balaban J connectivity index is 2.50. The quantitative estimate of drug-likeness (QED) is 0.349. The van der Waals surface area contributed by atoms with Gasteiger partial charge in [0.2, 0.25) is 0 Å². The molecule has 0 spiro atoms. The number of methoxy groups -OCH3 is 1. The number of hydrogen-bond donors (Lipinski definition) is 0. The van der Waals surface area contributed by atoms with Gasteiger partial charge in [-0.25, -0.2) is 4.79 Å². The van der Waals surface area contributed by atoms with Gasteiger partial charge in [-0.3, -0.25) is 14.9 Å². The van der Waals surface area contributed by atoms with Crippen molar-refractivity contribution in [3.63, 3.8) is 0 Å². The SMILES string of the molecule is COC(=O)c1c(C(C)=O)ccc(OCc2ccccc2)c1[N+](=O)[O-]. The summed E-state index contributed by atoms with van der Waals surface area (Å²) in [6, 6.07) is 11.7. The Hall–Kier alpha value is -3.22. The van der Waals surface area contributed by atoms with Crippen molar-refractivity contribution in [1.82, 2.24) is 0 Å². The predicted molar refractivity (Wildman–Crippen MR) is 85.2 cm³/mol. The fourth-order valence-electron chi connectivity index (χ4n) is 2.21. The van der Waals surface area contributed by atoms with Crippen LogP contribution in [-0.2, 0) is 11.3 Å². The van der Waals surface area contributed by atoms with Crippen LogP contribution >= 0.6 is 0 Å². The fourth-order valence-corrected chi connectivity index (χ4v) is 2.21. The van der Waals surface area contributed by atoms with Crippen molar-refractivity contribution >= 4 is 17.4 Å². The summed E-state index contributed by atoms with van der Waals surface area (Å²) < 4.78 is 10.1. The zero-order valence-corrected chi connectivity index (χ0v) is 13.1. The summed E-state index contributed by atoms with van der Waals surface area (Å²) in [5.74, 6) is -1.54. The van der Waals surface area contributed by atoms with E-state index in [1.54, 1.807) is 12.1 Å². The molecule has 0 bridgehead atoms. The summed E-state index contributed by atoms with van der Waals surface area (Å²) in [6.45, 7) is 1.30. The molecule has 2 rings (SSSR count). The molecule has 0 N–H and O–H groups in total. The highest BCUT2D eigenvalue weighted by Crippen LogP contribution is 2.34. The van der Waals surface area contributed by atoms with Crippen molar-refractivity contribution in [2.24, 2.45) is 0 Å². The first-order chi connectivity index (χ1) is 11.5. The van der Waals surface area contributed by atoms with E-state index in [2.05, 4.69) is 4.74 Å². The molecule has 2 aromatic rings. The van der Waals surface area contributed by atoms with Crippen LogP contribution in [0.5, 0.6) is 5.75 Å². The number of rotatable bonds is 6. The van der Waals surface area contributed by atoms with E-state index < -0.39 is 27.9 Å². The highest BCUT2D eigenvalue weighted by atomic mass is 16.6. The van der Waals surface area contributed by atoms with Crippen LogP contribution < -0.4 is 4.74 Å². The third kappa shape index (κ3) is 3.57. The minimum atomic E-state index is -0.961. The lowest BCUT2D eigenvalue weighted by Gasteiger charge is -2.11. The number of nitrogens with zero attached hydrogens (tertiary/aromatic N) is 1. The summed E-state index contributed by atoms with van der Waals surface area (Å²) in [5.41, 5.74) is -0.256. The normalized spacial score (nSPS) is 10.1. The van der Waals surface area contributed by atoms with E-state index in [1.165, 1.54) is 19.1 Å². The fraction of sp³-hybridized carbons (Fsp3) is 0.176. The Morgan fingerprint density at radius 2 is 1.79 bits per heavy atom. The number of nitro benzene ring substituents is 1. The molecule has 24 heavy (non-hydrogen) atoms. The van der Waals surface area contributed by atoms with Crippen molar-refractivity contribution in [3.8, 4) is 5.75 Å². The number of esters is 1. The summed E-state index contributed by atoms with van der Waals surface area (Å²) in [4.78, 5) is 34.3. The van der Waals surface area contributed by atoms with Gasteiger partial charge < -0.3 is 9.47 Å². The standard InChI is InChI=1S/C17H15NO6/c1-11(19)13-8-9-14(24-10-12-6-4-3-5-7-12)16(18(21)22)15(13)17(20)23-2/h3-9H,10H2,1-2H3. The van der Waals surface area contributed by atoms with Gasteiger partial charge in [-0.1, -0.05) is 30.3 Å². The lowest BCUT2D eigenvalue weighted by atomic mass is 10.0. The van der Waals surface area contributed by atoms with E-state index in [9.17, 15) is 19.7 Å². The highest BCUT2D eigenvalue weighted by molar-refractivity contribution is 6.08. The Morgan fingerprint density at radius 1 is 1.12 bits per heavy atom. The molecular weight excluding hydrogens is 314 g/mol. The van der Waals surface area contributed by atoms with Gasteiger partial charge in [0.25, 0.3) is 0 Å². The second-order valence-electron chi connectivity index (χ2n) is 4.91. The number of hydrogen-bond acceptors (Lipinski definition) is 6. The monoisotopic (exact) mass is 329 g/mol. The second-order valence-corrected chi connectivity index (χ2v) is 4.91. The van der Waals surface area contributed by atoms with Gasteiger partial charge in [0.05, 0.1) is 12.0 Å². The van der Waals surface area contributed by atoms with Gasteiger partial charge in [0.1, 0.15) is 6.61 Å². The van der Waals surface area contributed by atoms with Crippen LogP contribution in [0.4, 0.5) is 5.69 Å². The molecule has 0 aliphatic carbocycles. The first-order valence-electron chi connectivity index (χ1n) is 7.03. The van der Waals surface area contributed by atoms with Gasteiger partial charge in [-0.05, 0) is 24.6 Å². The lowest BCUT2D eigenvalue weighted by Crippen LogP contribution is -2.13. The van der Waals surface area contributed by atoms with Gasteiger partial charge in [-0.15, -0.1) is 0 Å². The van der Waals surface area contributed by atoms with E-state index in [4.69, 9.17) is 4.74 Å². The average Bonchev–Trinajstić information content (AvgIpc) is 2.58. The molecule has 0 saturated carbocycles. The molecule has 0 amide bonds. The van der Waals surface area contributed by atoms with Crippen molar-refractivity contribution in [2.45, 2.75) is 13.5 Å². The molecule has 0 fully saturated rings. The number of benzene rings is 2. The summed E-state index contributed by atoms with van der Waals surface area (Å²) >= 11 is 0. The van der Waals surface area contributed by atoms with E-state index in [1.807, 2.05) is 18.2 Å². The lowest BCUT2D eigenvalue weighted by molar-refractivity contribution is -0.386. The van der Waals surface area contributed by atoms with Crippen LogP contribution in [0, 0.1) is 10.1 Å². The maximum absolute atomic E-state index is 12.0. The van der Waals surface area contributed by atoms with Crippen LogP contribution in [0.25, 0.3) is 0 Å². The van der Waals surface area contributed by atoms with Crippen LogP contribution in [0.3, 0.4) is 0 Å². The molecule has 7 heteroatoms. The van der Waals surface area contributed by atoms with Crippen molar-refractivity contribution in [1.29, 1.82) is 0 Å². The van der Waals surface area contributed by atoms with Gasteiger partial charge in [-0.2, -0.15) is 0 Å². The smallest absolute Gasteiger partial charge is 0.345 e. The molecule has 0 aliphatic heterocycles. The van der Waals surface area contributed by atoms with E-state index in [0.29, 0.717) is 0 Å². The summed E-state index contributed by atoms with van der Waals surface area (Å²) in [5, 5.41) is 11.5. The minimum Gasteiger partial charge on any atom is -0.482 e. The molecule has 0 aliphatic rings. The molecule has 0 atom stereocenters. The van der Waals surface area contributed by atoms with Gasteiger partial charge in [0, 0.05) is 5.56 Å². The van der Waals surface area contributed by atoms with Gasteiger partial charge >= 0.3 is 11.7 Å². The Kier molecular flexibility index (Phi) is 5.26. The van der Waals surface area contributed by atoms with Crippen molar-refractivity contribution in [3.05, 3.63) is 69.3 Å². The molecule has 0 heterocycles. The molecule has 124 valence electrons. The predicted octanol–water partition coefficient (Wildman–Crippen LogP) is 3.16. The Morgan fingerprint density at radius 3 is 2.33 bits per heavy atom. The van der Waals surface area contributed by atoms with E-state index in [-0.39, 0.29) is 17.9 Å². The zero-order chi connectivity index (χ0) is 17.7. The molecular formula is C17H15NO6. The number of nitro groups is 1. The molecule has 2 aromatic carbocycles. The van der Waals surface area contributed by atoms with Crippen LogP contribution in [0.1, 0.15) is 33.2 Å². The third-order valence-corrected chi connectivity index (χ3v) is 3.33. The van der Waals surface area contributed by atoms with Crippen LogP contribution in [0.2, 0.25) is 0 Å². The second kappa shape index (κ2) is 7.36. The van der Waals surface area contributed by atoms with Crippen molar-refractivity contribution < 1.29 is 24.0 Å². The first kappa shape index (κ1) is 17.1. The minimum absolute atomic E-state index is 0.0828. The molecule has 0 aromatic heterocycles. The number of ether oxygens (including phenoxy) is 2. The molecule has 0 radical (unpaired) electrons. The number of ketones is 1. The maximum atomic E-state index is 12.0. The summed E-state index contributed by atoms with van der Waals surface area (Å²) in [6.07, 6.45) is 0. The Bertz CT molecular complexity index is 785. The third-order valence-electron chi connectivity index (χ3n) is 3.33. The zero-order valence-electron chi connectivity index (χ0n) is 13.1. The van der Waals surface area contributed by atoms with Crippen molar-refractivity contribution in [2.75, 3.05) is 7.11 Å². The summed E-state index contributed by atoms with van der Waals surface area (Å²) in [7, 11) is 1.09. The van der Waals surface area contributed by atoms with Gasteiger partial charge in [0.15, 0.2) is 17.1 Å². The highest BCUT2D eigenvalue weighted by Gasteiger charge is 2.31. The number of Topliss-reactive ketones (excluding diaryl/α,β-unsaturated/α-hetero) is 1.